The highest BCUT2D eigenvalue weighted by molar-refractivity contribution is 5.89. The van der Waals surface area contributed by atoms with E-state index in [0.29, 0.717) is 24.0 Å². The number of carbonyl (C=O) groups is 1. The van der Waals surface area contributed by atoms with Crippen molar-refractivity contribution in [2.45, 2.75) is 37.5 Å². The highest BCUT2D eigenvalue weighted by Crippen LogP contribution is 2.50. The van der Waals surface area contributed by atoms with Gasteiger partial charge in [-0.2, -0.15) is 5.10 Å². The summed E-state index contributed by atoms with van der Waals surface area (Å²) in [5.74, 6) is -0.699. The van der Waals surface area contributed by atoms with Gasteiger partial charge in [-0.3, -0.25) is 14.7 Å². The van der Waals surface area contributed by atoms with E-state index < -0.39 is 11.3 Å². The number of nitrogens with one attached hydrogen (secondary N) is 1. The second kappa shape index (κ2) is 6.46. The number of hydrogen-bond donors (Lipinski definition) is 2. The first-order valence-electron chi connectivity index (χ1n) is 9.08. The van der Waals surface area contributed by atoms with Crippen LogP contribution in [-0.2, 0) is 17.3 Å². The molecule has 0 bridgehead atoms. The Morgan fingerprint density at radius 2 is 2.11 bits per heavy atom. The van der Waals surface area contributed by atoms with Gasteiger partial charge in [-0.1, -0.05) is 30.3 Å². The van der Waals surface area contributed by atoms with Crippen LogP contribution in [0, 0.1) is 12.7 Å². The van der Waals surface area contributed by atoms with Crippen molar-refractivity contribution in [1.29, 1.82) is 0 Å². The molecule has 1 aromatic heterocycles. The SMILES string of the molecule is Cc1c(F)cccc1[C@]1(C(=O)NO)CCC(c2cccc3cnn(C)c23)C1. The van der Waals surface area contributed by atoms with Gasteiger partial charge in [0.25, 0.3) is 5.91 Å². The predicted octanol–water partition coefficient (Wildman–Crippen LogP) is 3.73. The van der Waals surface area contributed by atoms with E-state index in [4.69, 9.17) is 0 Å². The van der Waals surface area contributed by atoms with Crippen LogP contribution >= 0.6 is 0 Å². The molecule has 2 aromatic carbocycles. The summed E-state index contributed by atoms with van der Waals surface area (Å²) >= 11 is 0. The Morgan fingerprint density at radius 1 is 1.33 bits per heavy atom. The molecule has 5 nitrogen and oxygen atoms in total. The van der Waals surface area contributed by atoms with Crippen molar-refractivity contribution in [1.82, 2.24) is 15.3 Å². The monoisotopic (exact) mass is 367 g/mol. The quantitative estimate of drug-likeness (QED) is 0.547. The van der Waals surface area contributed by atoms with Gasteiger partial charge >= 0.3 is 0 Å². The third-order valence-electron chi connectivity index (χ3n) is 6.07. The molecular formula is C21H22FN3O2. The van der Waals surface area contributed by atoms with Crippen LogP contribution in [0.25, 0.3) is 10.9 Å². The molecule has 1 unspecified atom stereocenters. The number of amides is 1. The van der Waals surface area contributed by atoms with E-state index in [-0.39, 0.29) is 11.7 Å². The van der Waals surface area contributed by atoms with Crippen LogP contribution in [0.3, 0.4) is 0 Å². The minimum absolute atomic E-state index is 0.115. The maximum Gasteiger partial charge on any atom is 0.254 e. The number of aromatic nitrogens is 2. The van der Waals surface area contributed by atoms with E-state index in [9.17, 15) is 14.4 Å². The van der Waals surface area contributed by atoms with Gasteiger partial charge in [-0.15, -0.1) is 0 Å². The molecule has 1 aliphatic carbocycles. The minimum atomic E-state index is -0.952. The van der Waals surface area contributed by atoms with Gasteiger partial charge in [0.2, 0.25) is 0 Å². The number of rotatable bonds is 3. The average molecular weight is 367 g/mol. The lowest BCUT2D eigenvalue weighted by molar-refractivity contribution is -0.135. The summed E-state index contributed by atoms with van der Waals surface area (Å²) in [7, 11) is 1.91. The molecule has 3 aromatic rings. The fraction of sp³-hybridized carbons (Fsp3) is 0.333. The highest BCUT2D eigenvalue weighted by atomic mass is 19.1. The first-order valence-corrected chi connectivity index (χ1v) is 9.08. The first kappa shape index (κ1) is 17.7. The summed E-state index contributed by atoms with van der Waals surface area (Å²) in [6.07, 6.45) is 3.66. The lowest BCUT2D eigenvalue weighted by Crippen LogP contribution is -2.42. The smallest absolute Gasteiger partial charge is 0.254 e. The second-order valence-electron chi connectivity index (χ2n) is 7.43. The molecule has 1 saturated carbocycles. The molecule has 27 heavy (non-hydrogen) atoms. The molecule has 0 aliphatic heterocycles. The molecule has 2 atom stereocenters. The molecule has 2 N–H and O–H groups in total. The number of hydrogen-bond acceptors (Lipinski definition) is 3. The van der Waals surface area contributed by atoms with Crippen molar-refractivity contribution in [2.75, 3.05) is 0 Å². The molecule has 1 aliphatic rings. The summed E-state index contributed by atoms with van der Waals surface area (Å²) < 4.78 is 16.1. The van der Waals surface area contributed by atoms with Crippen molar-refractivity contribution in [2.24, 2.45) is 7.05 Å². The molecular weight excluding hydrogens is 345 g/mol. The van der Waals surface area contributed by atoms with Crippen molar-refractivity contribution in [3.63, 3.8) is 0 Å². The van der Waals surface area contributed by atoms with E-state index >= 15 is 0 Å². The van der Waals surface area contributed by atoms with Gasteiger partial charge in [0, 0.05) is 12.4 Å². The van der Waals surface area contributed by atoms with E-state index in [1.165, 1.54) is 6.07 Å². The zero-order valence-electron chi connectivity index (χ0n) is 15.4. The van der Waals surface area contributed by atoms with Crippen molar-refractivity contribution >= 4 is 16.8 Å². The van der Waals surface area contributed by atoms with Gasteiger partial charge in [-0.05, 0) is 54.9 Å². The zero-order valence-corrected chi connectivity index (χ0v) is 15.4. The molecule has 1 fully saturated rings. The van der Waals surface area contributed by atoms with Crippen LogP contribution in [0.5, 0.6) is 0 Å². The largest absolute Gasteiger partial charge is 0.289 e. The number of benzene rings is 2. The number of fused-ring (bicyclic) bond motifs is 1. The Balaban J connectivity index is 1.82. The molecule has 0 saturated heterocycles. The average Bonchev–Trinajstić information content (AvgIpc) is 3.29. The maximum absolute atomic E-state index is 14.2. The van der Waals surface area contributed by atoms with Crippen molar-refractivity contribution in [3.05, 3.63) is 65.1 Å². The number of hydroxylamine groups is 1. The third-order valence-corrected chi connectivity index (χ3v) is 6.07. The second-order valence-corrected chi connectivity index (χ2v) is 7.43. The Bertz CT molecular complexity index is 1030. The summed E-state index contributed by atoms with van der Waals surface area (Å²) in [6.45, 7) is 1.69. The van der Waals surface area contributed by atoms with Crippen LogP contribution < -0.4 is 5.48 Å². The van der Waals surface area contributed by atoms with Crippen LogP contribution in [-0.4, -0.2) is 20.9 Å². The van der Waals surface area contributed by atoms with Crippen LogP contribution in [0.1, 0.15) is 41.9 Å². The maximum atomic E-state index is 14.2. The van der Waals surface area contributed by atoms with Gasteiger partial charge in [-0.25, -0.2) is 9.87 Å². The fourth-order valence-electron chi connectivity index (χ4n) is 4.71. The van der Waals surface area contributed by atoms with E-state index in [1.54, 1.807) is 19.1 Å². The number of aryl methyl sites for hydroxylation is 1. The number of para-hydroxylation sites is 1. The minimum Gasteiger partial charge on any atom is -0.289 e. The summed E-state index contributed by atoms with van der Waals surface area (Å²) in [5.41, 5.74) is 4.17. The van der Waals surface area contributed by atoms with Gasteiger partial charge in [0.1, 0.15) is 5.82 Å². The van der Waals surface area contributed by atoms with E-state index in [2.05, 4.69) is 11.2 Å². The topological polar surface area (TPSA) is 67.2 Å². The lowest BCUT2D eigenvalue weighted by atomic mass is 9.75. The molecule has 1 amide bonds. The number of carbonyl (C=O) groups excluding carboxylic acids is 1. The summed E-state index contributed by atoms with van der Waals surface area (Å²) in [5, 5.41) is 14.8. The van der Waals surface area contributed by atoms with Gasteiger partial charge < -0.3 is 0 Å². The number of nitrogens with zero attached hydrogens (tertiary/aromatic N) is 2. The van der Waals surface area contributed by atoms with Crippen LogP contribution in [0.2, 0.25) is 0 Å². The zero-order chi connectivity index (χ0) is 19.2. The van der Waals surface area contributed by atoms with Crippen molar-refractivity contribution in [3.8, 4) is 0 Å². The Kier molecular flexibility index (Phi) is 4.23. The van der Waals surface area contributed by atoms with Gasteiger partial charge in [0.05, 0.1) is 17.1 Å². The molecule has 0 radical (unpaired) electrons. The first-order chi connectivity index (χ1) is 13.0. The van der Waals surface area contributed by atoms with Gasteiger partial charge in [0.15, 0.2) is 0 Å². The standard InChI is InChI=1S/C21H22FN3O2/c1-13-17(7-4-8-18(13)22)21(20(26)24-27)10-9-14(11-21)16-6-3-5-15-12-23-25(2)19(15)16/h3-8,12,14,27H,9-11H2,1-2H3,(H,24,26)/t14?,21-/m0/s1. The Labute approximate surface area is 156 Å². The molecule has 1 heterocycles. The van der Waals surface area contributed by atoms with E-state index in [0.717, 1.165) is 22.9 Å². The highest BCUT2D eigenvalue weighted by Gasteiger charge is 2.48. The lowest BCUT2D eigenvalue weighted by Gasteiger charge is -2.29. The van der Waals surface area contributed by atoms with Crippen LogP contribution in [0.4, 0.5) is 4.39 Å². The molecule has 4 rings (SSSR count). The Morgan fingerprint density at radius 3 is 2.89 bits per heavy atom. The fourth-order valence-corrected chi connectivity index (χ4v) is 4.71. The summed E-state index contributed by atoms with van der Waals surface area (Å²) in [4.78, 5) is 12.8. The van der Waals surface area contributed by atoms with E-state index in [1.807, 2.05) is 35.5 Å². The van der Waals surface area contributed by atoms with Crippen LogP contribution in [0.15, 0.2) is 42.6 Å². The third kappa shape index (κ3) is 2.63. The molecule has 140 valence electrons. The normalized spacial score (nSPS) is 22.3. The van der Waals surface area contributed by atoms with Crippen molar-refractivity contribution < 1.29 is 14.4 Å². The number of halogens is 1. The molecule has 6 heteroatoms. The summed E-state index contributed by atoms with van der Waals surface area (Å²) in [6, 6.07) is 10.9. The predicted molar refractivity (Wildman–Crippen MR) is 100 cm³/mol. The molecule has 0 spiro atoms. The Hall–Kier alpha value is -2.73.